The van der Waals surface area contributed by atoms with Crippen LogP contribution in [0.25, 0.3) is 0 Å². The van der Waals surface area contributed by atoms with Crippen molar-refractivity contribution in [2.75, 3.05) is 24.5 Å². The molecule has 2 atom stereocenters. The molecule has 1 aromatic carbocycles. The molecule has 1 aromatic rings. The number of anilines is 1. The fourth-order valence-electron chi connectivity index (χ4n) is 4.04. The van der Waals surface area contributed by atoms with E-state index in [0.29, 0.717) is 25.0 Å². The van der Waals surface area contributed by atoms with Crippen molar-refractivity contribution >= 4 is 15.7 Å². The number of hydrogen-bond acceptors (Lipinski definition) is 3. The van der Waals surface area contributed by atoms with E-state index in [4.69, 9.17) is 0 Å². The van der Waals surface area contributed by atoms with Crippen molar-refractivity contribution in [3.05, 3.63) is 29.8 Å². The molecular weight excluding hydrogens is 284 g/mol. The number of para-hydroxylation sites is 1. The van der Waals surface area contributed by atoms with Gasteiger partial charge in [0.15, 0.2) is 0 Å². The first-order valence-corrected chi connectivity index (χ1v) is 9.47. The maximum atomic E-state index is 12.5. The van der Waals surface area contributed by atoms with Crippen LogP contribution in [0.3, 0.4) is 0 Å². The van der Waals surface area contributed by atoms with Crippen LogP contribution in [0.5, 0.6) is 0 Å². The van der Waals surface area contributed by atoms with Crippen LogP contribution >= 0.6 is 0 Å². The number of nitrogens with zero attached hydrogens (tertiary/aromatic N) is 2. The number of benzene rings is 1. The highest BCUT2D eigenvalue weighted by Crippen LogP contribution is 2.45. The molecule has 4 rings (SSSR count). The van der Waals surface area contributed by atoms with Crippen molar-refractivity contribution in [1.29, 1.82) is 0 Å². The fourth-order valence-corrected chi connectivity index (χ4v) is 5.92. The Balaban J connectivity index is 1.66. The number of sulfonamides is 1. The predicted molar refractivity (Wildman–Crippen MR) is 84.1 cm³/mol. The number of likely N-dealkylation sites (N-methyl/N-ethyl adjacent to an activating group) is 1. The van der Waals surface area contributed by atoms with Gasteiger partial charge in [-0.25, -0.2) is 12.7 Å². The zero-order valence-electron chi connectivity index (χ0n) is 12.4. The molecule has 0 spiro atoms. The molecule has 5 heteroatoms. The summed E-state index contributed by atoms with van der Waals surface area (Å²) in [6.07, 6.45) is 2.65. The van der Waals surface area contributed by atoms with Crippen LogP contribution in [0.15, 0.2) is 24.3 Å². The van der Waals surface area contributed by atoms with Gasteiger partial charge in [0.05, 0.1) is 5.25 Å². The molecular formula is C16H22N2O2S. The molecule has 1 saturated carbocycles. The summed E-state index contributed by atoms with van der Waals surface area (Å²) in [6, 6.07) is 8.98. The number of rotatable bonds is 3. The summed E-state index contributed by atoms with van der Waals surface area (Å²) in [5, 5.41) is -0.0898. The van der Waals surface area contributed by atoms with Crippen LogP contribution in [0, 0.1) is 0 Å². The van der Waals surface area contributed by atoms with E-state index in [9.17, 15) is 8.42 Å². The van der Waals surface area contributed by atoms with Crippen LogP contribution < -0.4 is 4.90 Å². The third-order valence-corrected chi connectivity index (χ3v) is 7.60. The van der Waals surface area contributed by atoms with Gasteiger partial charge in [-0.05, 0) is 37.8 Å². The van der Waals surface area contributed by atoms with Crippen molar-refractivity contribution in [3.63, 3.8) is 0 Å². The average molecular weight is 306 g/mol. The zero-order valence-corrected chi connectivity index (χ0v) is 13.2. The first kappa shape index (κ1) is 13.6. The van der Waals surface area contributed by atoms with Gasteiger partial charge in [-0.1, -0.05) is 18.2 Å². The molecule has 0 radical (unpaired) electrons. The van der Waals surface area contributed by atoms with Gasteiger partial charge < -0.3 is 4.90 Å². The third kappa shape index (κ3) is 2.01. The van der Waals surface area contributed by atoms with Gasteiger partial charge >= 0.3 is 0 Å². The van der Waals surface area contributed by atoms with E-state index in [1.165, 1.54) is 11.3 Å². The second-order valence-corrected chi connectivity index (χ2v) is 8.62. The lowest BCUT2D eigenvalue weighted by Gasteiger charge is -2.38. The summed E-state index contributed by atoms with van der Waals surface area (Å²) in [5.41, 5.74) is 2.64. The lowest BCUT2D eigenvalue weighted by Crippen LogP contribution is -2.48. The second kappa shape index (κ2) is 4.71. The summed E-state index contributed by atoms with van der Waals surface area (Å²) >= 11 is 0. The van der Waals surface area contributed by atoms with Gasteiger partial charge in [0, 0.05) is 37.3 Å². The van der Waals surface area contributed by atoms with E-state index in [2.05, 4.69) is 36.1 Å². The van der Waals surface area contributed by atoms with Crippen LogP contribution in [-0.4, -0.2) is 43.6 Å². The molecule has 2 fully saturated rings. The third-order valence-electron chi connectivity index (χ3n) is 5.23. The Morgan fingerprint density at radius 3 is 2.67 bits per heavy atom. The average Bonchev–Trinajstić information content (AvgIpc) is 3.30. The molecule has 4 nitrogen and oxygen atoms in total. The Morgan fingerprint density at radius 1 is 1.19 bits per heavy atom. The maximum absolute atomic E-state index is 12.5. The van der Waals surface area contributed by atoms with E-state index >= 15 is 0 Å². The molecule has 2 heterocycles. The minimum Gasteiger partial charge on any atom is -0.368 e. The minimum atomic E-state index is -3.04. The minimum absolute atomic E-state index is 0.0898. The van der Waals surface area contributed by atoms with E-state index in [1.54, 1.807) is 4.31 Å². The van der Waals surface area contributed by atoms with Crippen LogP contribution in [0.2, 0.25) is 0 Å². The largest absolute Gasteiger partial charge is 0.368 e. The fraction of sp³-hybridized carbons (Fsp3) is 0.625. The van der Waals surface area contributed by atoms with Gasteiger partial charge in [0.1, 0.15) is 0 Å². The summed E-state index contributed by atoms with van der Waals surface area (Å²) in [4.78, 5) is 2.46. The molecule has 2 aliphatic heterocycles. The SMILES string of the molecule is CCN1c2ccccc2[C@@H]2CN(S(=O)(=O)C3CC3)CC[C@@H]21. The molecule has 21 heavy (non-hydrogen) atoms. The predicted octanol–water partition coefficient (Wildman–Crippen LogP) is 2.18. The molecule has 0 amide bonds. The van der Waals surface area contributed by atoms with Crippen LogP contribution in [0.1, 0.15) is 37.7 Å². The quantitative estimate of drug-likeness (QED) is 0.859. The summed E-state index contributed by atoms with van der Waals surface area (Å²) in [7, 11) is -3.04. The smallest absolute Gasteiger partial charge is 0.217 e. The van der Waals surface area contributed by atoms with E-state index in [0.717, 1.165) is 25.8 Å². The van der Waals surface area contributed by atoms with Crippen molar-refractivity contribution in [3.8, 4) is 0 Å². The molecule has 0 aromatic heterocycles. The lowest BCUT2D eigenvalue weighted by atomic mass is 9.90. The second-order valence-electron chi connectivity index (χ2n) is 6.41. The van der Waals surface area contributed by atoms with Crippen molar-refractivity contribution in [1.82, 2.24) is 4.31 Å². The van der Waals surface area contributed by atoms with Gasteiger partial charge in [0.25, 0.3) is 0 Å². The van der Waals surface area contributed by atoms with Gasteiger partial charge in [-0.15, -0.1) is 0 Å². The Labute approximate surface area is 126 Å². The monoisotopic (exact) mass is 306 g/mol. The molecule has 0 unspecified atom stereocenters. The van der Waals surface area contributed by atoms with Gasteiger partial charge in [-0.2, -0.15) is 0 Å². The van der Waals surface area contributed by atoms with E-state index in [1.807, 2.05) is 0 Å². The lowest BCUT2D eigenvalue weighted by molar-refractivity contribution is 0.290. The molecule has 0 N–H and O–H groups in total. The van der Waals surface area contributed by atoms with Gasteiger partial charge in [-0.3, -0.25) is 0 Å². The number of hydrogen-bond donors (Lipinski definition) is 0. The zero-order chi connectivity index (χ0) is 14.6. The Bertz CT molecular complexity index is 654. The summed E-state index contributed by atoms with van der Waals surface area (Å²) < 4.78 is 26.8. The van der Waals surface area contributed by atoms with Crippen LogP contribution in [0.4, 0.5) is 5.69 Å². The Hall–Kier alpha value is -1.07. The van der Waals surface area contributed by atoms with Crippen molar-refractivity contribution in [2.24, 2.45) is 0 Å². The Morgan fingerprint density at radius 2 is 1.95 bits per heavy atom. The van der Waals surface area contributed by atoms with Crippen molar-refractivity contribution < 1.29 is 8.42 Å². The van der Waals surface area contributed by atoms with Crippen LogP contribution in [-0.2, 0) is 10.0 Å². The van der Waals surface area contributed by atoms with E-state index < -0.39 is 10.0 Å². The summed E-state index contributed by atoms with van der Waals surface area (Å²) in [6.45, 7) is 4.53. The molecule has 1 saturated heterocycles. The molecule has 1 aliphatic carbocycles. The number of piperidine rings is 1. The Kier molecular flexibility index (Phi) is 3.05. The summed E-state index contributed by atoms with van der Waals surface area (Å²) in [5.74, 6) is 0.337. The highest BCUT2D eigenvalue weighted by molar-refractivity contribution is 7.90. The van der Waals surface area contributed by atoms with E-state index in [-0.39, 0.29) is 5.25 Å². The normalized spacial score (nSPS) is 29.3. The topological polar surface area (TPSA) is 40.6 Å². The molecule has 3 aliphatic rings. The maximum Gasteiger partial charge on any atom is 0.217 e. The van der Waals surface area contributed by atoms with Gasteiger partial charge in [0.2, 0.25) is 10.0 Å². The molecule has 114 valence electrons. The molecule has 0 bridgehead atoms. The number of fused-ring (bicyclic) bond motifs is 3. The first-order chi connectivity index (χ1) is 10.1. The first-order valence-electron chi connectivity index (χ1n) is 7.97. The standard InChI is InChI=1S/C16H22N2O2S/c1-2-18-15-6-4-3-5-13(15)14-11-17(10-9-16(14)18)21(19,20)12-7-8-12/h3-6,12,14,16H,2,7-11H2,1H3/t14-,16-/m0/s1. The highest BCUT2D eigenvalue weighted by Gasteiger charge is 2.47. The van der Waals surface area contributed by atoms with Crippen molar-refractivity contribution in [2.45, 2.75) is 43.4 Å². The highest BCUT2D eigenvalue weighted by atomic mass is 32.2.